The van der Waals surface area contributed by atoms with E-state index in [1.807, 2.05) is 24.3 Å². The molecule has 0 aliphatic carbocycles. The summed E-state index contributed by atoms with van der Waals surface area (Å²) in [6, 6.07) is 6.38. The minimum Gasteiger partial charge on any atom is -0.480 e. The van der Waals surface area contributed by atoms with Crippen LogP contribution in [0.4, 0.5) is 5.69 Å². The molecule has 1 aliphatic rings. The molecular formula is C14H18N2O3. The summed E-state index contributed by atoms with van der Waals surface area (Å²) < 4.78 is 0. The molecule has 19 heavy (non-hydrogen) atoms. The minimum atomic E-state index is -0.894. The zero-order valence-corrected chi connectivity index (χ0v) is 11.3. The number of aliphatic carboxylic acids is 1. The Hall–Kier alpha value is -2.04. The van der Waals surface area contributed by atoms with Gasteiger partial charge >= 0.3 is 5.97 Å². The molecule has 1 aromatic carbocycles. The number of fused-ring (bicyclic) bond motifs is 1. The van der Waals surface area contributed by atoms with E-state index in [1.54, 1.807) is 25.9 Å². The monoisotopic (exact) mass is 262 g/mol. The lowest BCUT2D eigenvalue weighted by atomic mass is 10.1. The van der Waals surface area contributed by atoms with Crippen LogP contribution in [-0.4, -0.2) is 48.1 Å². The molecule has 0 radical (unpaired) electrons. The second-order valence-electron chi connectivity index (χ2n) is 5.00. The Kier molecular flexibility index (Phi) is 3.46. The van der Waals surface area contributed by atoms with Gasteiger partial charge < -0.3 is 14.9 Å². The van der Waals surface area contributed by atoms with Crippen LogP contribution in [-0.2, 0) is 16.0 Å². The van der Waals surface area contributed by atoms with E-state index >= 15 is 0 Å². The van der Waals surface area contributed by atoms with Crippen LogP contribution in [0.3, 0.4) is 0 Å². The number of amides is 1. The summed E-state index contributed by atoms with van der Waals surface area (Å²) in [5.41, 5.74) is 1.82. The van der Waals surface area contributed by atoms with E-state index in [2.05, 4.69) is 0 Å². The lowest BCUT2D eigenvalue weighted by molar-refractivity contribution is -0.138. The lowest BCUT2D eigenvalue weighted by Crippen LogP contribution is -2.50. The molecular weight excluding hydrogens is 244 g/mol. The molecule has 0 saturated heterocycles. The van der Waals surface area contributed by atoms with Gasteiger partial charge in [-0.2, -0.15) is 0 Å². The van der Waals surface area contributed by atoms with Gasteiger partial charge in [-0.05, 0) is 18.6 Å². The van der Waals surface area contributed by atoms with E-state index in [4.69, 9.17) is 0 Å². The van der Waals surface area contributed by atoms with E-state index < -0.39 is 18.1 Å². The van der Waals surface area contributed by atoms with Crippen molar-refractivity contribution in [1.82, 2.24) is 4.90 Å². The molecule has 0 aromatic heterocycles. The molecule has 5 heteroatoms. The second kappa shape index (κ2) is 4.91. The molecule has 102 valence electrons. The second-order valence-corrected chi connectivity index (χ2v) is 5.00. The molecule has 1 aliphatic heterocycles. The molecule has 1 heterocycles. The number of anilines is 1. The molecule has 0 spiro atoms. The molecule has 1 amide bonds. The number of carbonyl (C=O) groups excluding carboxylic acids is 1. The predicted molar refractivity (Wildman–Crippen MR) is 72.2 cm³/mol. The van der Waals surface area contributed by atoms with Crippen molar-refractivity contribution >= 4 is 17.6 Å². The van der Waals surface area contributed by atoms with Crippen LogP contribution in [0.25, 0.3) is 0 Å². The van der Waals surface area contributed by atoms with Gasteiger partial charge in [-0.3, -0.25) is 4.79 Å². The first-order valence-corrected chi connectivity index (χ1v) is 6.23. The Morgan fingerprint density at radius 1 is 1.37 bits per heavy atom. The quantitative estimate of drug-likeness (QED) is 0.882. The summed E-state index contributed by atoms with van der Waals surface area (Å²) in [4.78, 5) is 26.7. The number of carbonyl (C=O) groups is 2. The molecule has 5 nitrogen and oxygen atoms in total. The standard InChI is InChI=1S/C14H18N2O3/c1-9(13(17)15(2)3)16-11-7-5-4-6-10(11)8-12(16)14(18)19/h4-7,9,12H,8H2,1-3H3,(H,18,19). The molecule has 1 aromatic rings. The van der Waals surface area contributed by atoms with E-state index in [-0.39, 0.29) is 5.91 Å². The smallest absolute Gasteiger partial charge is 0.326 e. The van der Waals surface area contributed by atoms with Crippen molar-refractivity contribution in [1.29, 1.82) is 0 Å². The van der Waals surface area contributed by atoms with Crippen molar-refractivity contribution in [2.75, 3.05) is 19.0 Å². The zero-order chi connectivity index (χ0) is 14.2. The van der Waals surface area contributed by atoms with Crippen molar-refractivity contribution in [3.8, 4) is 0 Å². The molecule has 0 bridgehead atoms. The van der Waals surface area contributed by atoms with Crippen molar-refractivity contribution < 1.29 is 14.7 Å². The van der Waals surface area contributed by atoms with Crippen LogP contribution in [0.1, 0.15) is 12.5 Å². The molecule has 2 unspecified atom stereocenters. The first kappa shape index (κ1) is 13.4. The summed E-state index contributed by atoms with van der Waals surface area (Å²) >= 11 is 0. The number of likely N-dealkylation sites (N-methyl/N-ethyl adjacent to an activating group) is 1. The fourth-order valence-electron chi connectivity index (χ4n) is 2.59. The normalized spacial score (nSPS) is 18.9. The van der Waals surface area contributed by atoms with Crippen LogP contribution in [0.15, 0.2) is 24.3 Å². The van der Waals surface area contributed by atoms with E-state index in [9.17, 15) is 14.7 Å². The fourth-order valence-corrected chi connectivity index (χ4v) is 2.59. The molecule has 0 fully saturated rings. The van der Waals surface area contributed by atoms with Gasteiger partial charge in [0.05, 0.1) is 0 Å². The average molecular weight is 262 g/mol. The molecule has 0 saturated carbocycles. The third-order valence-corrected chi connectivity index (χ3v) is 3.52. The highest BCUT2D eigenvalue weighted by Gasteiger charge is 2.39. The Morgan fingerprint density at radius 3 is 2.58 bits per heavy atom. The van der Waals surface area contributed by atoms with Gasteiger partial charge in [0.2, 0.25) is 5.91 Å². The van der Waals surface area contributed by atoms with Crippen LogP contribution in [0, 0.1) is 0 Å². The highest BCUT2D eigenvalue weighted by atomic mass is 16.4. The van der Waals surface area contributed by atoms with E-state index in [0.29, 0.717) is 6.42 Å². The summed E-state index contributed by atoms with van der Waals surface area (Å²) in [5, 5.41) is 9.36. The maximum Gasteiger partial charge on any atom is 0.326 e. The van der Waals surface area contributed by atoms with Gasteiger partial charge in [-0.1, -0.05) is 18.2 Å². The predicted octanol–water partition coefficient (Wildman–Crippen LogP) is 0.979. The average Bonchev–Trinajstić information content (AvgIpc) is 2.76. The van der Waals surface area contributed by atoms with E-state index in [0.717, 1.165) is 11.3 Å². The lowest BCUT2D eigenvalue weighted by Gasteiger charge is -2.32. The molecule has 2 rings (SSSR count). The van der Waals surface area contributed by atoms with Crippen LogP contribution < -0.4 is 4.90 Å². The third kappa shape index (κ3) is 2.28. The maximum atomic E-state index is 12.1. The van der Waals surface area contributed by atoms with Gasteiger partial charge in [0.25, 0.3) is 0 Å². The van der Waals surface area contributed by atoms with Gasteiger partial charge in [-0.15, -0.1) is 0 Å². The number of benzene rings is 1. The van der Waals surface area contributed by atoms with Crippen molar-refractivity contribution in [2.45, 2.75) is 25.4 Å². The van der Waals surface area contributed by atoms with Crippen molar-refractivity contribution in [3.63, 3.8) is 0 Å². The number of hydrogen-bond acceptors (Lipinski definition) is 3. The molecule has 2 atom stereocenters. The van der Waals surface area contributed by atoms with Crippen LogP contribution in [0.5, 0.6) is 0 Å². The highest BCUT2D eigenvalue weighted by molar-refractivity contribution is 5.90. The number of nitrogens with zero attached hydrogens (tertiary/aromatic N) is 2. The number of carboxylic acids is 1. The van der Waals surface area contributed by atoms with Gasteiger partial charge in [0, 0.05) is 26.2 Å². The zero-order valence-electron chi connectivity index (χ0n) is 11.3. The minimum absolute atomic E-state index is 0.0945. The summed E-state index contributed by atoms with van der Waals surface area (Å²) in [5.74, 6) is -0.988. The van der Waals surface area contributed by atoms with Gasteiger partial charge in [0.1, 0.15) is 12.1 Å². The Bertz CT molecular complexity index is 513. The summed E-state index contributed by atoms with van der Waals surface area (Å²) in [6.45, 7) is 1.75. The van der Waals surface area contributed by atoms with Crippen LogP contribution in [0.2, 0.25) is 0 Å². The SMILES string of the molecule is CC(C(=O)N(C)C)N1c2ccccc2CC1C(=O)O. The molecule has 1 N–H and O–H groups in total. The number of hydrogen-bond donors (Lipinski definition) is 1. The maximum absolute atomic E-state index is 12.1. The number of para-hydroxylation sites is 1. The van der Waals surface area contributed by atoms with Crippen molar-refractivity contribution in [2.24, 2.45) is 0 Å². The third-order valence-electron chi connectivity index (χ3n) is 3.52. The Balaban J connectivity index is 2.39. The summed E-state index contributed by atoms with van der Waals surface area (Å²) in [6.07, 6.45) is 0.441. The van der Waals surface area contributed by atoms with Crippen LogP contribution >= 0.6 is 0 Å². The van der Waals surface area contributed by atoms with E-state index in [1.165, 1.54) is 4.90 Å². The van der Waals surface area contributed by atoms with Gasteiger partial charge in [-0.25, -0.2) is 4.79 Å². The Labute approximate surface area is 112 Å². The largest absolute Gasteiger partial charge is 0.480 e. The number of rotatable bonds is 3. The first-order valence-electron chi connectivity index (χ1n) is 6.23. The fraction of sp³-hybridized carbons (Fsp3) is 0.429. The van der Waals surface area contributed by atoms with Crippen molar-refractivity contribution in [3.05, 3.63) is 29.8 Å². The van der Waals surface area contributed by atoms with Gasteiger partial charge in [0.15, 0.2) is 0 Å². The number of carboxylic acid groups (broad SMARTS) is 1. The topological polar surface area (TPSA) is 60.9 Å². The summed E-state index contributed by atoms with van der Waals surface area (Å²) in [7, 11) is 3.35. The Morgan fingerprint density at radius 2 is 2.00 bits per heavy atom. The first-order chi connectivity index (χ1) is 8.93. The highest BCUT2D eigenvalue weighted by Crippen LogP contribution is 2.34.